The molecule has 0 unspecified atom stereocenters. The molecule has 0 saturated heterocycles. The number of benzene rings is 2. The Hall–Kier alpha value is -5.20. The molecule has 0 aliphatic rings. The topological polar surface area (TPSA) is 182 Å². The number of nitro groups is 2. The summed E-state index contributed by atoms with van der Waals surface area (Å²) in [6.45, 7) is 3.21. The molecule has 3 rings (SSSR count). The van der Waals surface area contributed by atoms with Crippen molar-refractivity contribution in [1.82, 2.24) is 10.9 Å². The van der Waals surface area contributed by atoms with Crippen LogP contribution in [-0.4, -0.2) is 33.1 Å². The van der Waals surface area contributed by atoms with E-state index in [0.717, 1.165) is 0 Å². The molecular formula is C22H18N6O7. The van der Waals surface area contributed by atoms with E-state index >= 15 is 0 Å². The van der Waals surface area contributed by atoms with Crippen LogP contribution in [0.25, 0.3) is 0 Å². The van der Waals surface area contributed by atoms with Crippen molar-refractivity contribution in [2.24, 2.45) is 10.2 Å². The number of rotatable bonds is 8. The molecule has 1 aromatic heterocycles. The third-order valence-electron chi connectivity index (χ3n) is 4.70. The number of carbonyl (C=O) groups excluding carboxylic acids is 2. The average Bonchev–Trinajstić information content (AvgIpc) is 3.36. The fourth-order valence-electron chi connectivity index (χ4n) is 2.74. The monoisotopic (exact) mass is 478 g/mol. The number of nitro benzene ring substituents is 2. The second-order valence-electron chi connectivity index (χ2n) is 7.05. The van der Waals surface area contributed by atoms with Crippen molar-refractivity contribution in [1.29, 1.82) is 0 Å². The Labute approximate surface area is 197 Å². The SMILES string of the molecule is C/C(=N\NC(=O)c1ccc(C(=O)N/N=C(\C)c2ccc([N+](=O)[O-])cc2)o1)c1ccc([N+](=O)[O-])cc1. The smallest absolute Gasteiger partial charge is 0.307 e. The van der Waals surface area contributed by atoms with Gasteiger partial charge in [0.2, 0.25) is 0 Å². The molecular weight excluding hydrogens is 460 g/mol. The lowest BCUT2D eigenvalue weighted by molar-refractivity contribution is -0.385. The minimum Gasteiger partial charge on any atom is -0.446 e. The molecule has 0 fully saturated rings. The van der Waals surface area contributed by atoms with E-state index in [2.05, 4.69) is 21.1 Å². The molecule has 178 valence electrons. The van der Waals surface area contributed by atoms with Gasteiger partial charge in [-0.1, -0.05) is 0 Å². The summed E-state index contributed by atoms with van der Waals surface area (Å²) in [5.74, 6) is -1.77. The van der Waals surface area contributed by atoms with Gasteiger partial charge in [0.1, 0.15) is 0 Å². The summed E-state index contributed by atoms with van der Waals surface area (Å²) in [4.78, 5) is 45.0. The molecule has 2 N–H and O–H groups in total. The molecule has 2 aromatic carbocycles. The first-order valence-electron chi connectivity index (χ1n) is 9.94. The van der Waals surface area contributed by atoms with E-state index in [1.54, 1.807) is 13.8 Å². The van der Waals surface area contributed by atoms with E-state index in [1.165, 1.54) is 60.7 Å². The van der Waals surface area contributed by atoms with Crippen LogP contribution in [-0.2, 0) is 0 Å². The van der Waals surface area contributed by atoms with E-state index in [0.29, 0.717) is 22.6 Å². The van der Waals surface area contributed by atoms with Gasteiger partial charge in [-0.05, 0) is 61.4 Å². The first-order valence-corrected chi connectivity index (χ1v) is 9.94. The molecule has 0 spiro atoms. The highest BCUT2D eigenvalue weighted by atomic mass is 16.6. The maximum atomic E-state index is 12.3. The molecule has 0 atom stereocenters. The number of amides is 2. The van der Waals surface area contributed by atoms with Crippen LogP contribution in [0.2, 0.25) is 0 Å². The first-order chi connectivity index (χ1) is 16.7. The molecule has 1 heterocycles. The summed E-state index contributed by atoms with van der Waals surface area (Å²) < 4.78 is 5.25. The minimum atomic E-state index is -0.712. The van der Waals surface area contributed by atoms with Gasteiger partial charge in [0, 0.05) is 24.3 Å². The highest BCUT2D eigenvalue weighted by Crippen LogP contribution is 2.14. The van der Waals surface area contributed by atoms with Gasteiger partial charge in [-0.2, -0.15) is 10.2 Å². The van der Waals surface area contributed by atoms with Crippen molar-refractivity contribution in [3.63, 3.8) is 0 Å². The van der Waals surface area contributed by atoms with Crippen molar-refractivity contribution < 1.29 is 23.9 Å². The summed E-state index contributed by atoms with van der Waals surface area (Å²) in [5.41, 5.74) is 6.36. The van der Waals surface area contributed by atoms with Crippen molar-refractivity contribution >= 4 is 34.6 Å². The molecule has 0 radical (unpaired) electrons. The Kier molecular flexibility index (Phi) is 7.41. The van der Waals surface area contributed by atoms with Crippen LogP contribution in [0.5, 0.6) is 0 Å². The summed E-state index contributed by atoms with van der Waals surface area (Å²) >= 11 is 0. The van der Waals surface area contributed by atoms with Gasteiger partial charge in [0.15, 0.2) is 11.5 Å². The van der Waals surface area contributed by atoms with Crippen LogP contribution in [0.15, 0.2) is 75.3 Å². The Bertz CT molecular complexity index is 1240. The molecule has 35 heavy (non-hydrogen) atoms. The number of hydrazone groups is 2. The number of nitrogens with one attached hydrogen (secondary N) is 2. The predicted molar refractivity (Wildman–Crippen MR) is 124 cm³/mol. The van der Waals surface area contributed by atoms with E-state index in [-0.39, 0.29) is 22.9 Å². The highest BCUT2D eigenvalue weighted by Gasteiger charge is 2.16. The fourth-order valence-corrected chi connectivity index (χ4v) is 2.74. The predicted octanol–water partition coefficient (Wildman–Crippen LogP) is 3.40. The quantitative estimate of drug-likeness (QED) is 0.282. The van der Waals surface area contributed by atoms with E-state index in [1.807, 2.05) is 0 Å². The highest BCUT2D eigenvalue weighted by molar-refractivity contribution is 6.02. The third-order valence-corrected chi connectivity index (χ3v) is 4.70. The molecule has 13 heteroatoms. The second-order valence-corrected chi connectivity index (χ2v) is 7.05. The van der Waals surface area contributed by atoms with E-state index in [9.17, 15) is 29.8 Å². The van der Waals surface area contributed by atoms with Gasteiger partial charge in [-0.3, -0.25) is 29.8 Å². The second kappa shape index (κ2) is 10.6. The van der Waals surface area contributed by atoms with Crippen LogP contribution in [0.1, 0.15) is 46.1 Å². The third kappa shape index (κ3) is 6.19. The molecule has 2 amide bonds. The minimum absolute atomic E-state index is 0.0701. The van der Waals surface area contributed by atoms with Gasteiger partial charge < -0.3 is 4.42 Å². The lowest BCUT2D eigenvalue weighted by Gasteiger charge is -2.02. The Morgan fingerprint density at radius 1 is 0.686 bits per heavy atom. The van der Waals surface area contributed by atoms with Gasteiger partial charge in [0.05, 0.1) is 21.3 Å². The zero-order valence-electron chi connectivity index (χ0n) is 18.4. The number of hydrogen-bond acceptors (Lipinski definition) is 9. The summed E-state index contributed by atoms with van der Waals surface area (Å²) in [6, 6.07) is 13.8. The number of non-ortho nitro benzene ring substituents is 2. The van der Waals surface area contributed by atoms with Gasteiger partial charge in [0.25, 0.3) is 11.4 Å². The van der Waals surface area contributed by atoms with Gasteiger partial charge >= 0.3 is 11.8 Å². The van der Waals surface area contributed by atoms with Crippen LogP contribution in [0.4, 0.5) is 11.4 Å². The van der Waals surface area contributed by atoms with Crippen molar-refractivity contribution in [2.75, 3.05) is 0 Å². The van der Waals surface area contributed by atoms with Gasteiger partial charge in [-0.15, -0.1) is 0 Å². The largest absolute Gasteiger partial charge is 0.446 e. The Morgan fingerprint density at radius 3 is 1.34 bits per heavy atom. The lowest BCUT2D eigenvalue weighted by atomic mass is 10.1. The van der Waals surface area contributed by atoms with Crippen LogP contribution >= 0.6 is 0 Å². The Balaban J connectivity index is 1.60. The van der Waals surface area contributed by atoms with Crippen molar-refractivity contribution in [3.8, 4) is 0 Å². The van der Waals surface area contributed by atoms with Crippen molar-refractivity contribution in [3.05, 3.63) is 104 Å². The normalized spacial score (nSPS) is 11.6. The standard InChI is InChI=1S/C22H18N6O7/c1-13(15-3-7-17(8-4-15)27(31)32)23-25-21(29)19-11-12-20(35-19)22(30)26-24-14(2)16-5-9-18(10-6-16)28(33)34/h3-12H,1-2H3,(H,25,29)(H,26,30)/b23-13+,24-14+. The first kappa shape index (κ1) is 24.4. The van der Waals surface area contributed by atoms with Crippen molar-refractivity contribution in [2.45, 2.75) is 13.8 Å². The molecule has 0 aliphatic heterocycles. The number of furan rings is 1. The van der Waals surface area contributed by atoms with Crippen LogP contribution in [0.3, 0.4) is 0 Å². The zero-order valence-corrected chi connectivity index (χ0v) is 18.4. The van der Waals surface area contributed by atoms with Crippen LogP contribution < -0.4 is 10.9 Å². The molecule has 0 bridgehead atoms. The zero-order chi connectivity index (χ0) is 25.5. The molecule has 0 aliphatic carbocycles. The van der Waals surface area contributed by atoms with Crippen LogP contribution in [0, 0.1) is 20.2 Å². The maximum Gasteiger partial charge on any atom is 0.307 e. The Morgan fingerprint density at radius 2 is 1.03 bits per heavy atom. The fraction of sp³-hybridized carbons (Fsp3) is 0.0909. The van der Waals surface area contributed by atoms with E-state index < -0.39 is 21.7 Å². The summed E-state index contributed by atoms with van der Waals surface area (Å²) in [5, 5.41) is 29.3. The summed E-state index contributed by atoms with van der Waals surface area (Å²) in [7, 11) is 0. The van der Waals surface area contributed by atoms with Gasteiger partial charge in [-0.25, -0.2) is 10.9 Å². The molecule has 13 nitrogen and oxygen atoms in total. The lowest BCUT2D eigenvalue weighted by Crippen LogP contribution is -2.20. The summed E-state index contributed by atoms with van der Waals surface area (Å²) in [6.07, 6.45) is 0. The van der Waals surface area contributed by atoms with E-state index in [4.69, 9.17) is 4.42 Å². The molecule has 3 aromatic rings. The number of hydrogen-bond donors (Lipinski definition) is 2. The number of carbonyl (C=O) groups is 2. The average molecular weight is 478 g/mol. The molecule has 0 saturated carbocycles. The number of nitrogens with zero attached hydrogens (tertiary/aromatic N) is 4. The maximum absolute atomic E-state index is 12.3.